The molecule has 0 aliphatic carbocycles. The number of hydrogen-bond donors (Lipinski definition) is 0. The maximum Gasteiger partial charge on any atom is 0.194 e. The SMILES string of the molecule is Cc1nc(-c2ccc(CN3CCC(C)CC3)o2)n(C2CCOC2)n1. The monoisotopic (exact) mass is 330 g/mol. The second kappa shape index (κ2) is 6.69. The Morgan fingerprint density at radius 2 is 2.04 bits per heavy atom. The second-order valence-electron chi connectivity index (χ2n) is 7.17. The molecule has 2 fully saturated rings. The van der Waals surface area contributed by atoms with Gasteiger partial charge in [-0.3, -0.25) is 4.90 Å². The molecule has 0 N–H and O–H groups in total. The third-order valence-corrected chi connectivity index (χ3v) is 5.13. The van der Waals surface area contributed by atoms with E-state index in [9.17, 15) is 0 Å². The maximum atomic E-state index is 6.11. The summed E-state index contributed by atoms with van der Waals surface area (Å²) in [5.74, 6) is 4.27. The third-order valence-electron chi connectivity index (χ3n) is 5.13. The zero-order chi connectivity index (χ0) is 16.5. The molecule has 2 saturated heterocycles. The van der Waals surface area contributed by atoms with Crippen molar-refractivity contribution in [1.29, 1.82) is 0 Å². The van der Waals surface area contributed by atoms with Crippen LogP contribution >= 0.6 is 0 Å². The number of hydrogen-bond acceptors (Lipinski definition) is 5. The number of furan rings is 1. The topological polar surface area (TPSA) is 56.3 Å². The van der Waals surface area contributed by atoms with E-state index in [-0.39, 0.29) is 6.04 Å². The molecule has 2 aliphatic heterocycles. The average molecular weight is 330 g/mol. The van der Waals surface area contributed by atoms with Crippen LogP contribution in [0.3, 0.4) is 0 Å². The summed E-state index contributed by atoms with van der Waals surface area (Å²) in [5.41, 5.74) is 0. The maximum absolute atomic E-state index is 6.11. The molecule has 2 aromatic rings. The molecule has 0 spiro atoms. The van der Waals surface area contributed by atoms with Gasteiger partial charge in [0.1, 0.15) is 11.6 Å². The average Bonchev–Trinajstić information content (AvgIpc) is 3.29. The van der Waals surface area contributed by atoms with Crippen molar-refractivity contribution in [2.24, 2.45) is 5.92 Å². The summed E-state index contributed by atoms with van der Waals surface area (Å²) < 4.78 is 13.6. The van der Waals surface area contributed by atoms with Crippen LogP contribution in [0.15, 0.2) is 16.5 Å². The minimum absolute atomic E-state index is 0.262. The number of likely N-dealkylation sites (tertiary alicyclic amines) is 1. The van der Waals surface area contributed by atoms with Gasteiger partial charge < -0.3 is 9.15 Å². The van der Waals surface area contributed by atoms with Crippen molar-refractivity contribution >= 4 is 0 Å². The molecule has 0 aromatic carbocycles. The highest BCUT2D eigenvalue weighted by Crippen LogP contribution is 2.28. The minimum Gasteiger partial charge on any atom is -0.456 e. The van der Waals surface area contributed by atoms with Crippen LogP contribution < -0.4 is 0 Å². The van der Waals surface area contributed by atoms with E-state index < -0.39 is 0 Å². The summed E-state index contributed by atoms with van der Waals surface area (Å²) in [7, 11) is 0. The molecule has 6 heteroatoms. The van der Waals surface area contributed by atoms with Crippen LogP contribution in [0.25, 0.3) is 11.6 Å². The fourth-order valence-corrected chi connectivity index (χ4v) is 3.59. The molecule has 4 heterocycles. The zero-order valence-corrected chi connectivity index (χ0v) is 14.6. The Morgan fingerprint density at radius 3 is 2.79 bits per heavy atom. The molecular weight excluding hydrogens is 304 g/mol. The number of ether oxygens (including phenoxy) is 1. The molecular formula is C18H26N4O2. The highest BCUT2D eigenvalue weighted by molar-refractivity contribution is 5.47. The van der Waals surface area contributed by atoms with Crippen LogP contribution in [0.1, 0.15) is 43.8 Å². The largest absolute Gasteiger partial charge is 0.456 e. The number of piperidine rings is 1. The summed E-state index contributed by atoms with van der Waals surface area (Å²) in [4.78, 5) is 7.06. The van der Waals surface area contributed by atoms with Crippen molar-refractivity contribution in [3.63, 3.8) is 0 Å². The van der Waals surface area contributed by atoms with Gasteiger partial charge >= 0.3 is 0 Å². The van der Waals surface area contributed by atoms with Gasteiger partial charge in [-0.15, -0.1) is 0 Å². The van der Waals surface area contributed by atoms with Gasteiger partial charge in [0.25, 0.3) is 0 Å². The van der Waals surface area contributed by atoms with Crippen molar-refractivity contribution in [1.82, 2.24) is 19.7 Å². The van der Waals surface area contributed by atoms with Gasteiger partial charge in [-0.05, 0) is 57.3 Å². The Morgan fingerprint density at radius 1 is 1.21 bits per heavy atom. The Bertz CT molecular complexity index is 679. The van der Waals surface area contributed by atoms with Crippen LogP contribution in [0, 0.1) is 12.8 Å². The van der Waals surface area contributed by atoms with Gasteiger partial charge in [0.05, 0.1) is 19.2 Å². The molecule has 0 radical (unpaired) electrons. The van der Waals surface area contributed by atoms with Gasteiger partial charge in [0, 0.05) is 6.61 Å². The minimum atomic E-state index is 0.262. The first-order valence-corrected chi connectivity index (χ1v) is 9.01. The van der Waals surface area contributed by atoms with Crippen molar-refractivity contribution in [3.05, 3.63) is 23.7 Å². The quantitative estimate of drug-likeness (QED) is 0.862. The predicted molar refractivity (Wildman–Crippen MR) is 90.6 cm³/mol. The fraction of sp³-hybridized carbons (Fsp3) is 0.667. The summed E-state index contributed by atoms with van der Waals surface area (Å²) in [6.45, 7) is 8.96. The first-order chi connectivity index (χ1) is 11.7. The highest BCUT2D eigenvalue weighted by Gasteiger charge is 2.25. The number of rotatable bonds is 4. The standard InChI is InChI=1S/C18H26N4O2/c1-13-5-8-21(9-6-13)11-16-3-4-17(24-16)18-19-14(2)20-22(18)15-7-10-23-12-15/h3-4,13,15H,5-12H2,1-2H3. The second-order valence-corrected chi connectivity index (χ2v) is 7.17. The first-order valence-electron chi connectivity index (χ1n) is 9.01. The lowest BCUT2D eigenvalue weighted by atomic mass is 9.99. The smallest absolute Gasteiger partial charge is 0.194 e. The lowest BCUT2D eigenvalue weighted by molar-refractivity contribution is 0.174. The number of nitrogens with zero attached hydrogens (tertiary/aromatic N) is 4. The Balaban J connectivity index is 1.50. The molecule has 0 amide bonds. The predicted octanol–water partition coefficient (Wildman–Crippen LogP) is 3.04. The van der Waals surface area contributed by atoms with Crippen molar-refractivity contribution in [2.75, 3.05) is 26.3 Å². The lowest BCUT2D eigenvalue weighted by Gasteiger charge is -2.29. The molecule has 1 unspecified atom stereocenters. The molecule has 2 aromatic heterocycles. The summed E-state index contributed by atoms with van der Waals surface area (Å²) >= 11 is 0. The van der Waals surface area contributed by atoms with Gasteiger partial charge in [-0.1, -0.05) is 6.92 Å². The zero-order valence-electron chi connectivity index (χ0n) is 14.6. The molecule has 6 nitrogen and oxygen atoms in total. The van der Waals surface area contributed by atoms with Crippen LogP contribution in [0.4, 0.5) is 0 Å². The summed E-state index contributed by atoms with van der Waals surface area (Å²) in [5, 5.41) is 4.56. The van der Waals surface area contributed by atoms with Crippen molar-refractivity contribution in [3.8, 4) is 11.6 Å². The van der Waals surface area contributed by atoms with E-state index in [2.05, 4.69) is 28.0 Å². The van der Waals surface area contributed by atoms with E-state index in [4.69, 9.17) is 9.15 Å². The van der Waals surface area contributed by atoms with E-state index in [0.29, 0.717) is 6.61 Å². The van der Waals surface area contributed by atoms with Gasteiger partial charge in [0.2, 0.25) is 0 Å². The van der Waals surface area contributed by atoms with E-state index in [1.165, 1.54) is 12.8 Å². The molecule has 1 atom stereocenters. The van der Waals surface area contributed by atoms with E-state index in [1.54, 1.807) is 0 Å². The van der Waals surface area contributed by atoms with Gasteiger partial charge in [-0.25, -0.2) is 9.67 Å². The van der Waals surface area contributed by atoms with Crippen LogP contribution in [0.5, 0.6) is 0 Å². The first kappa shape index (κ1) is 15.8. The van der Waals surface area contributed by atoms with E-state index in [0.717, 1.165) is 61.7 Å². The highest BCUT2D eigenvalue weighted by atomic mass is 16.5. The van der Waals surface area contributed by atoms with Crippen molar-refractivity contribution < 1.29 is 9.15 Å². The third kappa shape index (κ3) is 3.26. The van der Waals surface area contributed by atoms with Gasteiger partial charge in [0.15, 0.2) is 11.6 Å². The summed E-state index contributed by atoms with van der Waals surface area (Å²) in [6, 6.07) is 4.36. The fourth-order valence-electron chi connectivity index (χ4n) is 3.59. The Labute approximate surface area is 142 Å². The number of aromatic nitrogens is 3. The molecule has 0 bridgehead atoms. The van der Waals surface area contributed by atoms with Gasteiger partial charge in [-0.2, -0.15) is 5.10 Å². The summed E-state index contributed by atoms with van der Waals surface area (Å²) in [6.07, 6.45) is 3.54. The molecule has 130 valence electrons. The normalized spacial score (nSPS) is 23.2. The van der Waals surface area contributed by atoms with E-state index >= 15 is 0 Å². The molecule has 4 rings (SSSR count). The number of aryl methyl sites for hydroxylation is 1. The van der Waals surface area contributed by atoms with E-state index in [1.807, 2.05) is 17.7 Å². The van der Waals surface area contributed by atoms with Crippen LogP contribution in [-0.4, -0.2) is 46.0 Å². The Kier molecular flexibility index (Phi) is 4.41. The van der Waals surface area contributed by atoms with Crippen LogP contribution in [-0.2, 0) is 11.3 Å². The van der Waals surface area contributed by atoms with Crippen molar-refractivity contribution in [2.45, 2.75) is 45.7 Å². The molecule has 2 aliphatic rings. The lowest BCUT2D eigenvalue weighted by Crippen LogP contribution is -2.32. The Hall–Kier alpha value is -1.66. The van der Waals surface area contributed by atoms with Crippen LogP contribution in [0.2, 0.25) is 0 Å². The molecule has 24 heavy (non-hydrogen) atoms. The molecule has 0 saturated carbocycles.